The van der Waals surface area contributed by atoms with Crippen LogP contribution in [-0.4, -0.2) is 33.6 Å². The second kappa shape index (κ2) is 4.56. The Morgan fingerprint density at radius 3 is 2.78 bits per heavy atom. The van der Waals surface area contributed by atoms with Crippen molar-refractivity contribution in [2.24, 2.45) is 5.73 Å². The van der Waals surface area contributed by atoms with Crippen LogP contribution in [0.1, 0.15) is 29.0 Å². The number of rotatable bonds is 3. The van der Waals surface area contributed by atoms with Gasteiger partial charge in [0.1, 0.15) is 0 Å². The van der Waals surface area contributed by atoms with Crippen molar-refractivity contribution in [2.45, 2.75) is 31.7 Å². The maximum atomic E-state index is 12.8. The van der Waals surface area contributed by atoms with Crippen LogP contribution in [0.15, 0.2) is 0 Å². The summed E-state index contributed by atoms with van der Waals surface area (Å²) in [6.07, 6.45) is -3.62. The predicted octanol–water partition coefficient (Wildman–Crippen LogP) is 0.575. The van der Waals surface area contributed by atoms with Crippen LogP contribution < -0.4 is 5.73 Å². The van der Waals surface area contributed by atoms with Gasteiger partial charge >= 0.3 is 6.18 Å². The van der Waals surface area contributed by atoms with Crippen molar-refractivity contribution in [3.63, 3.8) is 0 Å². The molecule has 1 aliphatic heterocycles. The summed E-state index contributed by atoms with van der Waals surface area (Å²) in [5.74, 6) is -1.25. The molecule has 1 unspecified atom stereocenters. The lowest BCUT2D eigenvalue weighted by Gasteiger charge is -2.13. The third-order valence-corrected chi connectivity index (χ3v) is 2.64. The minimum atomic E-state index is -4.73. The Morgan fingerprint density at radius 1 is 1.56 bits per heavy atom. The molecule has 0 aromatic carbocycles. The number of carbonyl (C=O) groups is 1. The lowest BCUT2D eigenvalue weighted by molar-refractivity contribution is -0.145. The Bertz CT molecular complexity index is 451. The molecule has 0 aliphatic carbocycles. The number of primary amides is 1. The van der Waals surface area contributed by atoms with Crippen LogP contribution in [-0.2, 0) is 17.5 Å². The van der Waals surface area contributed by atoms with E-state index in [1.807, 2.05) is 0 Å². The van der Waals surface area contributed by atoms with E-state index in [0.717, 1.165) is 6.42 Å². The fourth-order valence-electron chi connectivity index (χ4n) is 1.87. The third kappa shape index (κ3) is 2.45. The highest BCUT2D eigenvalue weighted by Gasteiger charge is 2.41. The zero-order valence-electron chi connectivity index (χ0n) is 9.28. The van der Waals surface area contributed by atoms with Crippen molar-refractivity contribution in [2.75, 3.05) is 6.61 Å². The SMILES string of the molecule is NC(=O)c1nnn(CC2CCCO2)c1C(F)(F)F. The van der Waals surface area contributed by atoms with E-state index in [2.05, 4.69) is 10.3 Å². The number of amides is 1. The van der Waals surface area contributed by atoms with Gasteiger partial charge in [-0.25, -0.2) is 4.68 Å². The van der Waals surface area contributed by atoms with E-state index in [0.29, 0.717) is 17.7 Å². The van der Waals surface area contributed by atoms with Crippen LogP contribution in [0.5, 0.6) is 0 Å². The first-order valence-corrected chi connectivity index (χ1v) is 5.31. The summed E-state index contributed by atoms with van der Waals surface area (Å²) in [6, 6.07) is 0. The van der Waals surface area contributed by atoms with Crippen LogP contribution in [0.2, 0.25) is 0 Å². The van der Waals surface area contributed by atoms with Crippen molar-refractivity contribution < 1.29 is 22.7 Å². The number of ether oxygens (including phenoxy) is 1. The lowest BCUT2D eigenvalue weighted by Crippen LogP contribution is -2.25. The highest BCUT2D eigenvalue weighted by atomic mass is 19.4. The number of halogens is 3. The van der Waals surface area contributed by atoms with Gasteiger partial charge < -0.3 is 10.5 Å². The van der Waals surface area contributed by atoms with Crippen LogP contribution >= 0.6 is 0 Å². The molecule has 0 bridgehead atoms. The number of aromatic nitrogens is 3. The average Bonchev–Trinajstić information content (AvgIpc) is 2.85. The van der Waals surface area contributed by atoms with Gasteiger partial charge in [0.2, 0.25) is 0 Å². The smallest absolute Gasteiger partial charge is 0.376 e. The first-order valence-electron chi connectivity index (χ1n) is 5.31. The molecule has 2 rings (SSSR count). The van der Waals surface area contributed by atoms with Gasteiger partial charge in [0.25, 0.3) is 5.91 Å². The van der Waals surface area contributed by atoms with Gasteiger partial charge in [-0.05, 0) is 12.8 Å². The molecule has 100 valence electrons. The van der Waals surface area contributed by atoms with Gasteiger partial charge in [-0.2, -0.15) is 13.2 Å². The second-order valence-corrected chi connectivity index (χ2v) is 3.97. The number of carbonyl (C=O) groups excluding carboxylic acids is 1. The standard InChI is InChI=1S/C9H11F3N4O2/c10-9(11,12)7-6(8(13)17)14-15-16(7)4-5-2-1-3-18-5/h5H,1-4H2,(H2,13,17). The van der Waals surface area contributed by atoms with Gasteiger partial charge in [-0.15, -0.1) is 5.10 Å². The molecule has 0 spiro atoms. The molecule has 18 heavy (non-hydrogen) atoms. The first kappa shape index (κ1) is 12.8. The first-order chi connectivity index (χ1) is 8.39. The van der Waals surface area contributed by atoms with Gasteiger partial charge in [0, 0.05) is 6.61 Å². The fourth-order valence-corrected chi connectivity index (χ4v) is 1.87. The molecule has 1 amide bonds. The summed E-state index contributed by atoms with van der Waals surface area (Å²) in [6.45, 7) is 0.429. The maximum Gasteiger partial charge on any atom is 0.435 e. The van der Waals surface area contributed by atoms with Gasteiger partial charge in [0.15, 0.2) is 11.4 Å². The van der Waals surface area contributed by atoms with Crippen molar-refractivity contribution in [3.05, 3.63) is 11.4 Å². The van der Waals surface area contributed by atoms with Crippen LogP contribution in [0.25, 0.3) is 0 Å². The van der Waals surface area contributed by atoms with Crippen molar-refractivity contribution in [1.82, 2.24) is 15.0 Å². The molecular weight excluding hydrogens is 253 g/mol. The highest BCUT2D eigenvalue weighted by Crippen LogP contribution is 2.31. The minimum Gasteiger partial charge on any atom is -0.376 e. The van der Waals surface area contributed by atoms with E-state index >= 15 is 0 Å². The largest absolute Gasteiger partial charge is 0.435 e. The molecule has 2 heterocycles. The number of nitrogens with zero attached hydrogens (tertiary/aromatic N) is 3. The van der Waals surface area contributed by atoms with E-state index in [9.17, 15) is 18.0 Å². The Kier molecular flexibility index (Phi) is 3.24. The molecule has 2 N–H and O–H groups in total. The fraction of sp³-hybridized carbons (Fsp3) is 0.667. The van der Waals surface area contributed by atoms with E-state index in [1.165, 1.54) is 0 Å². The van der Waals surface area contributed by atoms with Crippen molar-refractivity contribution in [3.8, 4) is 0 Å². The summed E-state index contributed by atoms with van der Waals surface area (Å²) in [7, 11) is 0. The molecular formula is C9H11F3N4O2. The monoisotopic (exact) mass is 264 g/mol. The van der Waals surface area contributed by atoms with E-state index < -0.39 is 23.5 Å². The van der Waals surface area contributed by atoms with E-state index in [1.54, 1.807) is 0 Å². The van der Waals surface area contributed by atoms with Gasteiger partial charge in [0.05, 0.1) is 12.6 Å². The second-order valence-electron chi connectivity index (χ2n) is 3.97. The molecule has 1 aromatic rings. The highest BCUT2D eigenvalue weighted by molar-refractivity contribution is 5.91. The van der Waals surface area contributed by atoms with Crippen LogP contribution in [0.3, 0.4) is 0 Å². The summed E-state index contributed by atoms with van der Waals surface area (Å²) < 4.78 is 44.3. The minimum absolute atomic E-state index is 0.0882. The van der Waals surface area contributed by atoms with Crippen molar-refractivity contribution in [1.29, 1.82) is 0 Å². The number of nitrogens with two attached hydrogens (primary N) is 1. The Hall–Kier alpha value is -1.64. The van der Waals surface area contributed by atoms with E-state index in [-0.39, 0.29) is 12.6 Å². The zero-order valence-corrected chi connectivity index (χ0v) is 9.28. The Labute approximate surface area is 99.9 Å². The molecule has 6 nitrogen and oxygen atoms in total. The summed E-state index contributed by atoms with van der Waals surface area (Å²) >= 11 is 0. The molecule has 1 atom stereocenters. The average molecular weight is 264 g/mol. The predicted molar refractivity (Wildman–Crippen MR) is 52.5 cm³/mol. The topological polar surface area (TPSA) is 83.0 Å². The molecule has 1 saturated heterocycles. The normalized spacial score (nSPS) is 20.3. The number of alkyl halides is 3. The molecule has 0 radical (unpaired) electrons. The molecule has 1 aromatic heterocycles. The summed E-state index contributed by atoms with van der Waals surface area (Å²) in [5, 5.41) is 6.52. The molecule has 1 fully saturated rings. The van der Waals surface area contributed by atoms with Gasteiger partial charge in [-0.1, -0.05) is 5.21 Å². The van der Waals surface area contributed by atoms with Crippen LogP contribution in [0, 0.1) is 0 Å². The zero-order chi connectivity index (χ0) is 13.3. The molecule has 0 saturated carbocycles. The summed E-state index contributed by atoms with van der Waals surface area (Å²) in [4.78, 5) is 10.9. The van der Waals surface area contributed by atoms with Crippen molar-refractivity contribution >= 4 is 5.91 Å². The lowest BCUT2D eigenvalue weighted by atomic mass is 10.2. The van der Waals surface area contributed by atoms with E-state index in [4.69, 9.17) is 10.5 Å². The quantitative estimate of drug-likeness (QED) is 0.865. The number of hydrogen-bond donors (Lipinski definition) is 1. The number of hydrogen-bond acceptors (Lipinski definition) is 4. The summed E-state index contributed by atoms with van der Waals surface area (Å²) in [5.41, 5.74) is 2.77. The maximum absolute atomic E-state index is 12.8. The van der Waals surface area contributed by atoms with Crippen LogP contribution in [0.4, 0.5) is 13.2 Å². The Morgan fingerprint density at radius 2 is 2.28 bits per heavy atom. The Balaban J connectivity index is 2.32. The van der Waals surface area contributed by atoms with Gasteiger partial charge in [-0.3, -0.25) is 4.79 Å². The molecule has 9 heteroatoms. The third-order valence-electron chi connectivity index (χ3n) is 2.64. The molecule has 1 aliphatic rings.